The van der Waals surface area contributed by atoms with E-state index < -0.39 is 0 Å². The number of benzene rings is 2. The molecule has 1 fully saturated rings. The lowest BCUT2D eigenvalue weighted by atomic mass is 9.92. The summed E-state index contributed by atoms with van der Waals surface area (Å²) in [5, 5.41) is 6.85. The summed E-state index contributed by atoms with van der Waals surface area (Å²) in [6.07, 6.45) is 7.77. The molecule has 1 saturated heterocycles. The molecule has 1 unspecified atom stereocenters. The first-order chi connectivity index (χ1) is 14.8. The minimum atomic E-state index is 0.245. The summed E-state index contributed by atoms with van der Waals surface area (Å²) in [7, 11) is 0. The van der Waals surface area contributed by atoms with E-state index in [2.05, 4.69) is 90.5 Å². The summed E-state index contributed by atoms with van der Waals surface area (Å²) in [5.41, 5.74) is 6.36. The molecule has 5 heteroatoms. The second kappa shape index (κ2) is 8.54. The smallest absolute Gasteiger partial charge is 0.0615 e. The van der Waals surface area contributed by atoms with Gasteiger partial charge in [0.2, 0.25) is 0 Å². The van der Waals surface area contributed by atoms with E-state index in [1.54, 1.807) is 12.4 Å². The maximum atomic E-state index is 4.69. The number of hydrogen-bond donors (Lipinski definition) is 0. The number of rotatable bonds is 3. The maximum Gasteiger partial charge on any atom is 0.0615 e. The molecule has 0 amide bonds. The fourth-order valence-corrected chi connectivity index (χ4v) is 4.91. The van der Waals surface area contributed by atoms with Crippen LogP contribution in [0.25, 0.3) is 10.6 Å². The number of piperazine rings is 1. The van der Waals surface area contributed by atoms with Crippen molar-refractivity contribution in [2.45, 2.75) is 6.04 Å². The summed E-state index contributed by atoms with van der Waals surface area (Å²) in [6, 6.07) is 21.7. The molecule has 1 atom stereocenters. The van der Waals surface area contributed by atoms with Crippen LogP contribution < -0.4 is 0 Å². The lowest BCUT2D eigenvalue weighted by Crippen LogP contribution is -2.46. The van der Waals surface area contributed by atoms with E-state index in [0.29, 0.717) is 0 Å². The van der Waals surface area contributed by atoms with Gasteiger partial charge in [-0.2, -0.15) is 5.10 Å². The zero-order chi connectivity index (χ0) is 20.3. The fraction of sp³-hybridized carbons (Fsp3) is 0.200. The summed E-state index contributed by atoms with van der Waals surface area (Å²) in [6.45, 7) is 3.77. The highest BCUT2D eigenvalue weighted by Gasteiger charge is 2.30. The van der Waals surface area contributed by atoms with E-state index >= 15 is 0 Å². The zero-order valence-electron chi connectivity index (χ0n) is 16.7. The first-order valence-electron chi connectivity index (χ1n) is 10.3. The van der Waals surface area contributed by atoms with Crippen molar-refractivity contribution in [3.63, 3.8) is 0 Å². The van der Waals surface area contributed by atoms with Gasteiger partial charge in [-0.1, -0.05) is 64.5 Å². The Morgan fingerprint density at radius 2 is 1.57 bits per heavy atom. The highest BCUT2D eigenvalue weighted by Crippen LogP contribution is 2.41. The molecule has 0 saturated carbocycles. The van der Waals surface area contributed by atoms with Crippen LogP contribution >= 0.6 is 15.9 Å². The van der Waals surface area contributed by atoms with E-state index in [4.69, 9.17) is 0 Å². The van der Waals surface area contributed by atoms with Crippen LogP contribution in [0.15, 0.2) is 78.2 Å². The lowest BCUT2D eigenvalue weighted by molar-refractivity contribution is 0.112. The molecular formula is C25H23BrN4. The van der Waals surface area contributed by atoms with Crippen LogP contribution in [-0.4, -0.2) is 47.3 Å². The number of nitrogens with zero attached hydrogens (tertiary/aromatic N) is 4. The summed E-state index contributed by atoms with van der Waals surface area (Å²) in [4.78, 5) is 6.65. The van der Waals surface area contributed by atoms with Gasteiger partial charge in [-0.05, 0) is 46.0 Å². The number of aromatic nitrogens is 1. The molecule has 30 heavy (non-hydrogen) atoms. The van der Waals surface area contributed by atoms with Crippen molar-refractivity contribution in [1.82, 2.24) is 14.9 Å². The van der Waals surface area contributed by atoms with Gasteiger partial charge in [0.15, 0.2) is 0 Å². The third kappa shape index (κ3) is 3.83. The normalized spacial score (nSPS) is 19.2. The van der Waals surface area contributed by atoms with Crippen molar-refractivity contribution in [2.24, 2.45) is 5.10 Å². The Kier molecular flexibility index (Phi) is 5.47. The topological polar surface area (TPSA) is 31.7 Å². The predicted molar refractivity (Wildman–Crippen MR) is 127 cm³/mol. The van der Waals surface area contributed by atoms with E-state index in [1.807, 2.05) is 18.3 Å². The Labute approximate surface area is 185 Å². The van der Waals surface area contributed by atoms with Gasteiger partial charge in [0, 0.05) is 43.1 Å². The molecule has 2 aliphatic rings. The summed E-state index contributed by atoms with van der Waals surface area (Å²) in [5.74, 6) is 0. The van der Waals surface area contributed by atoms with Gasteiger partial charge in [-0.3, -0.25) is 14.9 Å². The van der Waals surface area contributed by atoms with E-state index in [-0.39, 0.29) is 6.04 Å². The van der Waals surface area contributed by atoms with Crippen LogP contribution in [0.1, 0.15) is 33.9 Å². The standard InChI is InChI=1S/C25H23BrN4/c26-24-17-20-5-1-2-6-21(20)25(23-8-4-3-7-22(23)24)29-13-15-30(16-14-29)28-18-19-9-11-27-12-10-19/h1-12,17-18,25H,13-16H2. The van der Waals surface area contributed by atoms with Crippen molar-refractivity contribution in [3.05, 3.63) is 101 Å². The molecule has 5 rings (SSSR count). The highest BCUT2D eigenvalue weighted by molar-refractivity contribution is 9.15. The van der Waals surface area contributed by atoms with Crippen LogP contribution in [0, 0.1) is 0 Å². The molecule has 4 nitrogen and oxygen atoms in total. The van der Waals surface area contributed by atoms with Gasteiger partial charge >= 0.3 is 0 Å². The number of hydrazone groups is 1. The Balaban J connectivity index is 1.40. The molecule has 0 N–H and O–H groups in total. The first kappa shape index (κ1) is 19.2. The monoisotopic (exact) mass is 458 g/mol. The van der Waals surface area contributed by atoms with Gasteiger partial charge in [0.1, 0.15) is 0 Å². The molecular weight excluding hydrogens is 436 g/mol. The van der Waals surface area contributed by atoms with Crippen LogP contribution in [-0.2, 0) is 0 Å². The molecule has 2 heterocycles. The quantitative estimate of drug-likeness (QED) is 0.515. The number of pyridine rings is 1. The molecule has 1 aromatic heterocycles. The Hall–Kier alpha value is -2.76. The molecule has 0 spiro atoms. The van der Waals surface area contributed by atoms with Crippen LogP contribution in [0.2, 0.25) is 0 Å². The van der Waals surface area contributed by atoms with Crippen molar-refractivity contribution < 1.29 is 0 Å². The molecule has 3 aromatic rings. The minimum Gasteiger partial charge on any atom is -0.294 e. The van der Waals surface area contributed by atoms with E-state index in [1.165, 1.54) is 22.3 Å². The number of fused-ring (bicyclic) bond motifs is 2. The van der Waals surface area contributed by atoms with Gasteiger partial charge in [-0.25, -0.2) is 0 Å². The largest absolute Gasteiger partial charge is 0.294 e. The average molecular weight is 459 g/mol. The summed E-state index contributed by atoms with van der Waals surface area (Å²) >= 11 is 3.82. The van der Waals surface area contributed by atoms with Crippen molar-refractivity contribution >= 4 is 32.7 Å². The molecule has 1 aliphatic carbocycles. The third-order valence-corrected chi connectivity index (χ3v) is 6.47. The van der Waals surface area contributed by atoms with Gasteiger partial charge in [0.25, 0.3) is 0 Å². The molecule has 150 valence electrons. The Morgan fingerprint density at radius 3 is 2.37 bits per heavy atom. The first-order valence-corrected chi connectivity index (χ1v) is 11.1. The van der Waals surface area contributed by atoms with Crippen LogP contribution in [0.3, 0.4) is 0 Å². The third-order valence-electron chi connectivity index (χ3n) is 5.82. The van der Waals surface area contributed by atoms with Crippen molar-refractivity contribution in [3.8, 4) is 0 Å². The van der Waals surface area contributed by atoms with Gasteiger partial charge in [0.05, 0.1) is 12.3 Å². The second-order valence-electron chi connectivity index (χ2n) is 7.63. The molecule has 2 aromatic carbocycles. The average Bonchev–Trinajstić information content (AvgIpc) is 2.93. The number of hydrogen-bond acceptors (Lipinski definition) is 4. The van der Waals surface area contributed by atoms with Gasteiger partial charge < -0.3 is 0 Å². The van der Waals surface area contributed by atoms with E-state index in [0.717, 1.165) is 36.2 Å². The second-order valence-corrected chi connectivity index (χ2v) is 8.48. The SMILES string of the molecule is BrC1=Cc2ccccc2C(N2CCN(N=Cc3ccncc3)CC2)c2ccccc21. The van der Waals surface area contributed by atoms with E-state index in [9.17, 15) is 0 Å². The Morgan fingerprint density at radius 1 is 0.867 bits per heavy atom. The molecule has 0 bridgehead atoms. The number of halogens is 1. The minimum absolute atomic E-state index is 0.245. The van der Waals surface area contributed by atoms with Crippen LogP contribution in [0.4, 0.5) is 0 Å². The Bertz CT molecular complexity index is 1090. The van der Waals surface area contributed by atoms with Crippen molar-refractivity contribution in [2.75, 3.05) is 26.2 Å². The fourth-order valence-electron chi connectivity index (χ4n) is 4.30. The predicted octanol–water partition coefficient (Wildman–Crippen LogP) is 5.03. The highest BCUT2D eigenvalue weighted by atomic mass is 79.9. The van der Waals surface area contributed by atoms with Crippen molar-refractivity contribution in [1.29, 1.82) is 0 Å². The van der Waals surface area contributed by atoms with Gasteiger partial charge in [-0.15, -0.1) is 0 Å². The molecule has 1 aliphatic heterocycles. The van der Waals surface area contributed by atoms with Crippen LogP contribution in [0.5, 0.6) is 0 Å². The zero-order valence-corrected chi connectivity index (χ0v) is 18.2. The summed E-state index contributed by atoms with van der Waals surface area (Å²) < 4.78 is 1.15. The molecule has 0 radical (unpaired) electrons. The lowest BCUT2D eigenvalue weighted by Gasteiger charge is -2.39. The maximum absolute atomic E-state index is 4.69.